The molecule has 8 heteroatoms. The molecule has 3 aromatic rings. The number of allylic oxidation sites excluding steroid dienone is 3. The van der Waals surface area contributed by atoms with Gasteiger partial charge in [0.15, 0.2) is 5.82 Å². The number of aromatic nitrogens is 4. The molecule has 2 fully saturated rings. The first-order valence-electron chi connectivity index (χ1n) is 12.9. The Balaban J connectivity index is 1.12. The first kappa shape index (κ1) is 21.3. The fourth-order valence-corrected chi connectivity index (χ4v) is 6.08. The zero-order valence-corrected chi connectivity index (χ0v) is 20.0. The van der Waals surface area contributed by atoms with E-state index in [1.54, 1.807) is 6.08 Å². The molecule has 2 aliphatic heterocycles. The van der Waals surface area contributed by atoms with Crippen LogP contribution in [-0.4, -0.2) is 66.8 Å². The van der Waals surface area contributed by atoms with Gasteiger partial charge in [0.2, 0.25) is 0 Å². The zero-order chi connectivity index (χ0) is 23.7. The lowest BCUT2D eigenvalue weighted by molar-refractivity contribution is 0.0198. The van der Waals surface area contributed by atoms with Crippen molar-refractivity contribution in [1.82, 2.24) is 30.0 Å². The van der Waals surface area contributed by atoms with Crippen molar-refractivity contribution < 1.29 is 9.50 Å². The van der Waals surface area contributed by atoms with Gasteiger partial charge in [0.25, 0.3) is 0 Å². The minimum atomic E-state index is -0.449. The smallest absolute Gasteiger partial charge is 0.159 e. The molecule has 182 valence electrons. The number of nitrogens with one attached hydrogen (secondary N) is 2. The van der Waals surface area contributed by atoms with Crippen LogP contribution in [0.2, 0.25) is 0 Å². The molecular formula is C27H31FN6O. The third-order valence-corrected chi connectivity index (χ3v) is 8.38. The summed E-state index contributed by atoms with van der Waals surface area (Å²) in [4.78, 5) is 13.7. The summed E-state index contributed by atoms with van der Waals surface area (Å²) in [7, 11) is 0. The number of fused-ring (bicyclic) bond motifs is 2. The molecule has 0 bridgehead atoms. The van der Waals surface area contributed by atoms with Crippen molar-refractivity contribution in [3.8, 4) is 11.5 Å². The monoisotopic (exact) mass is 474 g/mol. The summed E-state index contributed by atoms with van der Waals surface area (Å²) in [6.07, 6.45) is 6.28. The lowest BCUT2D eigenvalue weighted by Gasteiger charge is -2.46. The Labute approximate surface area is 203 Å². The molecule has 0 spiro atoms. The van der Waals surface area contributed by atoms with Gasteiger partial charge in [0, 0.05) is 62.4 Å². The van der Waals surface area contributed by atoms with Crippen molar-refractivity contribution in [2.75, 3.05) is 19.6 Å². The molecule has 4 aliphatic rings. The summed E-state index contributed by atoms with van der Waals surface area (Å²) in [5, 5.41) is 18.6. The fraction of sp³-hybridized carbons (Fsp3) is 0.481. The van der Waals surface area contributed by atoms with Crippen LogP contribution in [0.1, 0.15) is 55.5 Å². The third-order valence-electron chi connectivity index (χ3n) is 8.38. The normalized spacial score (nSPS) is 24.1. The average molecular weight is 475 g/mol. The number of aliphatic hydroxyl groups excluding tert-OH is 1. The molecule has 1 unspecified atom stereocenters. The van der Waals surface area contributed by atoms with E-state index in [1.165, 1.54) is 31.6 Å². The fourth-order valence-electron chi connectivity index (χ4n) is 6.08. The van der Waals surface area contributed by atoms with Gasteiger partial charge in [-0.3, -0.25) is 14.9 Å². The number of imidazole rings is 1. The van der Waals surface area contributed by atoms with Crippen molar-refractivity contribution in [3.63, 3.8) is 0 Å². The van der Waals surface area contributed by atoms with Gasteiger partial charge in [0.05, 0.1) is 16.9 Å². The van der Waals surface area contributed by atoms with E-state index in [-0.39, 0.29) is 18.1 Å². The number of H-pyrrole nitrogens is 2. The molecule has 1 saturated heterocycles. The van der Waals surface area contributed by atoms with E-state index in [9.17, 15) is 9.50 Å². The summed E-state index contributed by atoms with van der Waals surface area (Å²) >= 11 is 0. The largest absolute Gasteiger partial charge is 0.505 e. The molecule has 7 nitrogen and oxygen atoms in total. The van der Waals surface area contributed by atoms with E-state index in [4.69, 9.17) is 4.98 Å². The molecule has 4 heterocycles. The number of aromatic amines is 2. The molecule has 2 aliphatic carbocycles. The summed E-state index contributed by atoms with van der Waals surface area (Å²) in [6, 6.07) is 7.70. The second-order valence-corrected chi connectivity index (χ2v) is 10.6. The quantitative estimate of drug-likeness (QED) is 0.498. The van der Waals surface area contributed by atoms with Crippen LogP contribution in [0.5, 0.6) is 0 Å². The van der Waals surface area contributed by atoms with Crippen LogP contribution in [0.4, 0.5) is 4.39 Å². The highest BCUT2D eigenvalue weighted by molar-refractivity contribution is 5.91. The summed E-state index contributed by atoms with van der Waals surface area (Å²) in [6.45, 7) is 6.46. The maximum atomic E-state index is 14.2. The van der Waals surface area contributed by atoms with Crippen LogP contribution in [-0.2, 0) is 13.0 Å². The van der Waals surface area contributed by atoms with E-state index in [1.807, 2.05) is 6.92 Å². The molecule has 7 rings (SSSR count). The van der Waals surface area contributed by atoms with E-state index in [2.05, 4.69) is 43.2 Å². The SMILES string of the molecule is CCC1=CC(O)=C(F)CC1c1ccc2c(-c3nc4c([nH]3)CN(C3CN(C5CC5)C3)CC4)n[nH]c2c1. The number of hydrogen-bond acceptors (Lipinski definition) is 5. The molecular weight excluding hydrogens is 443 g/mol. The van der Waals surface area contributed by atoms with Crippen molar-refractivity contribution >= 4 is 10.9 Å². The van der Waals surface area contributed by atoms with Crippen molar-refractivity contribution in [1.29, 1.82) is 0 Å². The summed E-state index contributed by atoms with van der Waals surface area (Å²) < 4.78 is 14.2. The molecule has 1 atom stereocenters. The van der Waals surface area contributed by atoms with Gasteiger partial charge < -0.3 is 10.1 Å². The predicted octanol–water partition coefficient (Wildman–Crippen LogP) is 4.72. The van der Waals surface area contributed by atoms with Crippen LogP contribution >= 0.6 is 0 Å². The Kier molecular flexibility index (Phi) is 4.89. The Morgan fingerprint density at radius 1 is 1.17 bits per heavy atom. The van der Waals surface area contributed by atoms with E-state index in [0.29, 0.717) is 6.04 Å². The Morgan fingerprint density at radius 2 is 2.03 bits per heavy atom. The van der Waals surface area contributed by atoms with Gasteiger partial charge in [-0.15, -0.1) is 0 Å². The molecule has 0 radical (unpaired) electrons. The first-order valence-corrected chi connectivity index (χ1v) is 12.9. The van der Waals surface area contributed by atoms with Crippen LogP contribution in [0.25, 0.3) is 22.4 Å². The van der Waals surface area contributed by atoms with E-state index >= 15 is 0 Å². The van der Waals surface area contributed by atoms with Crippen molar-refractivity contribution in [2.45, 2.75) is 63.6 Å². The Hall–Kier alpha value is -2.97. The van der Waals surface area contributed by atoms with Crippen molar-refractivity contribution in [2.24, 2.45) is 0 Å². The highest BCUT2D eigenvalue weighted by Gasteiger charge is 2.41. The lowest BCUT2D eigenvalue weighted by atomic mass is 9.83. The second-order valence-electron chi connectivity index (χ2n) is 10.6. The maximum absolute atomic E-state index is 14.2. The van der Waals surface area contributed by atoms with Gasteiger partial charge in [0.1, 0.15) is 17.3 Å². The average Bonchev–Trinajstić information content (AvgIpc) is 3.43. The molecule has 0 amide bonds. The van der Waals surface area contributed by atoms with Gasteiger partial charge in [-0.25, -0.2) is 9.37 Å². The van der Waals surface area contributed by atoms with E-state index in [0.717, 1.165) is 71.2 Å². The summed E-state index contributed by atoms with van der Waals surface area (Å²) in [5.74, 6) is 0.0574. The van der Waals surface area contributed by atoms with Crippen LogP contribution in [0, 0.1) is 0 Å². The van der Waals surface area contributed by atoms with Gasteiger partial charge in [-0.1, -0.05) is 24.6 Å². The predicted molar refractivity (Wildman–Crippen MR) is 133 cm³/mol. The van der Waals surface area contributed by atoms with E-state index < -0.39 is 5.83 Å². The Morgan fingerprint density at radius 3 is 2.83 bits per heavy atom. The lowest BCUT2D eigenvalue weighted by Crippen LogP contribution is -2.60. The topological polar surface area (TPSA) is 84.1 Å². The molecule has 1 saturated carbocycles. The number of benzene rings is 1. The zero-order valence-electron chi connectivity index (χ0n) is 20.0. The van der Waals surface area contributed by atoms with Crippen LogP contribution < -0.4 is 0 Å². The van der Waals surface area contributed by atoms with Gasteiger partial charge in [-0.2, -0.15) is 5.10 Å². The second kappa shape index (κ2) is 8.03. The molecule has 3 N–H and O–H groups in total. The highest BCUT2D eigenvalue weighted by Crippen LogP contribution is 2.40. The minimum Gasteiger partial charge on any atom is -0.505 e. The minimum absolute atomic E-state index is 0.0729. The number of nitrogens with zero attached hydrogens (tertiary/aromatic N) is 4. The third kappa shape index (κ3) is 3.62. The molecule has 2 aromatic heterocycles. The number of hydrogen-bond donors (Lipinski definition) is 3. The Bertz CT molecular complexity index is 1360. The number of rotatable bonds is 5. The molecule has 35 heavy (non-hydrogen) atoms. The number of likely N-dealkylation sites (tertiary alicyclic amines) is 1. The van der Waals surface area contributed by atoms with Crippen LogP contribution in [0.15, 0.2) is 41.4 Å². The van der Waals surface area contributed by atoms with Crippen molar-refractivity contribution in [3.05, 3.63) is 58.4 Å². The number of aliphatic hydroxyl groups is 1. The van der Waals surface area contributed by atoms with Gasteiger partial charge >= 0.3 is 0 Å². The highest BCUT2D eigenvalue weighted by atomic mass is 19.1. The maximum Gasteiger partial charge on any atom is 0.159 e. The first-order chi connectivity index (χ1) is 17.1. The van der Waals surface area contributed by atoms with Crippen LogP contribution in [0.3, 0.4) is 0 Å². The standard InChI is InChI=1S/C27H31FN6O/c1-2-15-10-25(35)21(28)11-20(15)16-3-6-19-23(9-16)31-32-26(19)27-29-22-7-8-33(14-24(22)30-27)18-12-34(13-18)17-4-5-17/h3,6,9-10,17-18,20,35H,2,4-5,7-8,11-14H2,1H3,(H,29,30)(H,31,32). The molecule has 1 aromatic carbocycles. The summed E-state index contributed by atoms with van der Waals surface area (Å²) in [5.41, 5.74) is 6.18. The van der Waals surface area contributed by atoms with Gasteiger partial charge in [-0.05, 0) is 37.0 Å². The number of halogens is 1.